The van der Waals surface area contributed by atoms with E-state index in [2.05, 4.69) is 10.1 Å². The number of Topliss-reactive ketones (excluding diaryl/α,β-unsaturated/α-hetero) is 1. The number of hydrogen-bond donors (Lipinski definition) is 0. The van der Waals surface area contributed by atoms with Crippen LogP contribution in [-0.4, -0.2) is 27.7 Å². The van der Waals surface area contributed by atoms with Gasteiger partial charge in [-0.25, -0.2) is 9.67 Å². The van der Waals surface area contributed by atoms with Gasteiger partial charge in [-0.15, -0.1) is 0 Å². The molecule has 2 rings (SSSR count). The third-order valence-electron chi connectivity index (χ3n) is 2.28. The molecule has 5 heteroatoms. The van der Waals surface area contributed by atoms with Crippen LogP contribution in [0.15, 0.2) is 30.6 Å². The zero-order chi connectivity index (χ0) is 12.3. The van der Waals surface area contributed by atoms with Crippen LogP contribution in [0.1, 0.15) is 12.7 Å². The van der Waals surface area contributed by atoms with Crippen molar-refractivity contribution in [2.45, 2.75) is 13.3 Å². The predicted octanol–water partition coefficient (Wildman–Crippen LogP) is 1.41. The van der Waals surface area contributed by atoms with Crippen molar-refractivity contribution in [3.63, 3.8) is 0 Å². The van der Waals surface area contributed by atoms with Gasteiger partial charge in [0.25, 0.3) is 0 Å². The fraction of sp³-hybridized carbons (Fsp3) is 0.250. The summed E-state index contributed by atoms with van der Waals surface area (Å²) in [5.41, 5.74) is 0.883. The Morgan fingerprint density at radius 1 is 1.35 bits per heavy atom. The zero-order valence-corrected chi connectivity index (χ0v) is 9.75. The Balaban J connectivity index is 2.21. The molecular weight excluding hydrogens is 218 g/mol. The maximum absolute atomic E-state index is 10.9. The van der Waals surface area contributed by atoms with Gasteiger partial charge >= 0.3 is 0 Å². The standard InChI is InChI=1S/C12H13N3O2/c1-9(16)7-12-13-8-15(14-12)10-3-5-11(17-2)6-4-10/h3-6,8H,7H2,1-2H3. The van der Waals surface area contributed by atoms with Crippen molar-refractivity contribution >= 4 is 5.78 Å². The highest BCUT2D eigenvalue weighted by Crippen LogP contribution is 2.13. The van der Waals surface area contributed by atoms with E-state index < -0.39 is 0 Å². The third kappa shape index (κ3) is 2.69. The Hall–Kier alpha value is -2.17. The number of methoxy groups -OCH3 is 1. The zero-order valence-electron chi connectivity index (χ0n) is 9.75. The van der Waals surface area contributed by atoms with Gasteiger partial charge < -0.3 is 4.74 Å². The number of ether oxygens (including phenoxy) is 1. The van der Waals surface area contributed by atoms with E-state index in [1.54, 1.807) is 18.1 Å². The lowest BCUT2D eigenvalue weighted by Gasteiger charge is -2.02. The van der Waals surface area contributed by atoms with Crippen LogP contribution in [0.3, 0.4) is 0 Å². The summed E-state index contributed by atoms with van der Waals surface area (Å²) in [5, 5.41) is 4.22. The van der Waals surface area contributed by atoms with E-state index in [1.165, 1.54) is 6.92 Å². The summed E-state index contributed by atoms with van der Waals surface area (Å²) in [6.07, 6.45) is 1.86. The summed E-state index contributed by atoms with van der Waals surface area (Å²) < 4.78 is 6.71. The van der Waals surface area contributed by atoms with Crippen molar-refractivity contribution in [1.82, 2.24) is 14.8 Å². The average molecular weight is 231 g/mol. The van der Waals surface area contributed by atoms with E-state index in [4.69, 9.17) is 4.74 Å². The molecule has 0 N–H and O–H groups in total. The van der Waals surface area contributed by atoms with Crippen LogP contribution in [0.25, 0.3) is 5.69 Å². The molecule has 0 amide bonds. The Morgan fingerprint density at radius 2 is 2.06 bits per heavy atom. The molecule has 17 heavy (non-hydrogen) atoms. The topological polar surface area (TPSA) is 57.0 Å². The summed E-state index contributed by atoms with van der Waals surface area (Å²) in [7, 11) is 1.62. The van der Waals surface area contributed by atoms with Gasteiger partial charge in [-0.05, 0) is 31.2 Å². The number of benzene rings is 1. The summed E-state index contributed by atoms with van der Waals surface area (Å²) >= 11 is 0. The van der Waals surface area contributed by atoms with Crippen molar-refractivity contribution in [2.75, 3.05) is 7.11 Å². The number of ketones is 1. The number of nitrogens with zero attached hydrogens (tertiary/aromatic N) is 3. The van der Waals surface area contributed by atoms with Crippen molar-refractivity contribution in [2.24, 2.45) is 0 Å². The SMILES string of the molecule is COc1ccc(-n2cnc(CC(C)=O)n2)cc1. The largest absolute Gasteiger partial charge is 0.497 e. The van der Waals surface area contributed by atoms with Crippen LogP contribution in [0, 0.1) is 0 Å². The molecule has 1 heterocycles. The van der Waals surface area contributed by atoms with Gasteiger partial charge in [0.15, 0.2) is 5.82 Å². The molecule has 1 aromatic heterocycles. The molecule has 0 saturated carbocycles. The maximum atomic E-state index is 10.9. The lowest BCUT2D eigenvalue weighted by Crippen LogP contribution is -2.00. The van der Waals surface area contributed by atoms with Crippen LogP contribution in [-0.2, 0) is 11.2 Å². The summed E-state index contributed by atoms with van der Waals surface area (Å²) in [4.78, 5) is 15.0. The molecule has 1 aromatic carbocycles. The number of rotatable bonds is 4. The van der Waals surface area contributed by atoms with Crippen LogP contribution in [0.2, 0.25) is 0 Å². The Labute approximate surface area is 99.1 Å². The molecular formula is C12H13N3O2. The predicted molar refractivity (Wildman–Crippen MR) is 62.3 cm³/mol. The van der Waals surface area contributed by atoms with Crippen LogP contribution >= 0.6 is 0 Å². The highest BCUT2D eigenvalue weighted by atomic mass is 16.5. The van der Waals surface area contributed by atoms with E-state index in [0.717, 1.165) is 11.4 Å². The first-order valence-corrected chi connectivity index (χ1v) is 5.23. The highest BCUT2D eigenvalue weighted by molar-refractivity contribution is 5.77. The Kier molecular flexibility index (Phi) is 3.18. The molecule has 0 unspecified atom stereocenters. The second-order valence-corrected chi connectivity index (χ2v) is 3.68. The molecule has 2 aromatic rings. The fourth-order valence-electron chi connectivity index (χ4n) is 1.46. The van der Waals surface area contributed by atoms with Crippen LogP contribution in [0.4, 0.5) is 0 Å². The van der Waals surface area contributed by atoms with Gasteiger partial charge in [-0.2, -0.15) is 5.10 Å². The minimum absolute atomic E-state index is 0.0532. The minimum Gasteiger partial charge on any atom is -0.497 e. The second kappa shape index (κ2) is 4.78. The van der Waals surface area contributed by atoms with Gasteiger partial charge in [-0.3, -0.25) is 4.79 Å². The quantitative estimate of drug-likeness (QED) is 0.798. The van der Waals surface area contributed by atoms with E-state index in [9.17, 15) is 4.79 Å². The number of aromatic nitrogens is 3. The molecule has 88 valence electrons. The molecule has 0 aliphatic rings. The number of carbonyl (C=O) groups is 1. The first-order chi connectivity index (χ1) is 8.19. The molecule has 0 spiro atoms. The number of hydrogen-bond acceptors (Lipinski definition) is 4. The van der Waals surface area contributed by atoms with Gasteiger partial charge in [0.1, 0.15) is 17.9 Å². The molecule has 0 atom stereocenters. The van der Waals surface area contributed by atoms with Gasteiger partial charge in [-0.1, -0.05) is 0 Å². The summed E-state index contributed by atoms with van der Waals surface area (Å²) in [6.45, 7) is 1.52. The van der Waals surface area contributed by atoms with Gasteiger partial charge in [0.2, 0.25) is 0 Å². The maximum Gasteiger partial charge on any atom is 0.158 e. The van der Waals surface area contributed by atoms with E-state index in [0.29, 0.717) is 5.82 Å². The van der Waals surface area contributed by atoms with E-state index >= 15 is 0 Å². The van der Waals surface area contributed by atoms with Crippen molar-refractivity contribution in [3.8, 4) is 11.4 Å². The smallest absolute Gasteiger partial charge is 0.158 e. The first-order valence-electron chi connectivity index (χ1n) is 5.23. The van der Waals surface area contributed by atoms with Crippen molar-refractivity contribution in [1.29, 1.82) is 0 Å². The fourth-order valence-corrected chi connectivity index (χ4v) is 1.46. The normalized spacial score (nSPS) is 10.2. The first kappa shape index (κ1) is 11.3. The minimum atomic E-state index is 0.0532. The highest BCUT2D eigenvalue weighted by Gasteiger charge is 2.05. The molecule has 0 aliphatic carbocycles. The second-order valence-electron chi connectivity index (χ2n) is 3.68. The molecule has 0 aliphatic heterocycles. The average Bonchev–Trinajstić information content (AvgIpc) is 2.77. The molecule has 0 saturated heterocycles. The summed E-state index contributed by atoms with van der Waals surface area (Å²) in [5.74, 6) is 1.38. The molecule has 5 nitrogen and oxygen atoms in total. The van der Waals surface area contributed by atoms with Gasteiger partial charge in [0, 0.05) is 0 Å². The van der Waals surface area contributed by atoms with E-state index in [-0.39, 0.29) is 12.2 Å². The monoisotopic (exact) mass is 231 g/mol. The van der Waals surface area contributed by atoms with Crippen LogP contribution in [0.5, 0.6) is 5.75 Å². The molecule has 0 radical (unpaired) electrons. The summed E-state index contributed by atoms with van der Waals surface area (Å²) in [6, 6.07) is 7.46. The Morgan fingerprint density at radius 3 is 2.65 bits per heavy atom. The third-order valence-corrected chi connectivity index (χ3v) is 2.28. The van der Waals surface area contributed by atoms with Crippen molar-refractivity contribution in [3.05, 3.63) is 36.4 Å². The van der Waals surface area contributed by atoms with Crippen molar-refractivity contribution < 1.29 is 9.53 Å². The lowest BCUT2D eigenvalue weighted by molar-refractivity contribution is -0.116. The van der Waals surface area contributed by atoms with E-state index in [1.807, 2.05) is 24.3 Å². The lowest BCUT2D eigenvalue weighted by atomic mass is 10.3. The Bertz CT molecular complexity index is 517. The van der Waals surface area contributed by atoms with Gasteiger partial charge in [0.05, 0.1) is 19.2 Å². The molecule has 0 fully saturated rings. The van der Waals surface area contributed by atoms with Crippen LogP contribution < -0.4 is 4.74 Å². The number of carbonyl (C=O) groups excluding carboxylic acids is 1. The molecule has 0 bridgehead atoms.